The SMILES string of the molecule is CCC(C)(N)C(C)(N)C(C)(C)N.CCCCC. The van der Waals surface area contributed by atoms with Gasteiger partial charge >= 0.3 is 0 Å². The summed E-state index contributed by atoms with van der Waals surface area (Å²) in [7, 11) is 0. The molecule has 0 saturated carbocycles. The topological polar surface area (TPSA) is 78.1 Å². The molecule has 0 rings (SSSR count). The largest absolute Gasteiger partial charge is 0.324 e. The van der Waals surface area contributed by atoms with Gasteiger partial charge in [-0.3, -0.25) is 0 Å². The maximum atomic E-state index is 6.13. The van der Waals surface area contributed by atoms with Gasteiger partial charge in [-0.25, -0.2) is 0 Å². The van der Waals surface area contributed by atoms with Crippen molar-refractivity contribution in [3.8, 4) is 0 Å². The molecule has 6 N–H and O–H groups in total. The van der Waals surface area contributed by atoms with Crippen molar-refractivity contribution in [1.82, 2.24) is 0 Å². The van der Waals surface area contributed by atoms with Gasteiger partial charge in [-0.15, -0.1) is 0 Å². The van der Waals surface area contributed by atoms with E-state index < -0.39 is 16.6 Å². The van der Waals surface area contributed by atoms with Crippen molar-refractivity contribution in [3.05, 3.63) is 0 Å². The fourth-order valence-electron chi connectivity index (χ4n) is 1.46. The van der Waals surface area contributed by atoms with Crippen LogP contribution in [-0.2, 0) is 0 Å². The Bertz CT molecular complexity index is 188. The molecule has 0 aliphatic rings. The highest BCUT2D eigenvalue weighted by molar-refractivity contribution is 5.11. The van der Waals surface area contributed by atoms with E-state index >= 15 is 0 Å². The normalized spacial score (nSPS) is 18.7. The Kier molecular flexibility index (Phi) is 8.31. The van der Waals surface area contributed by atoms with Gasteiger partial charge < -0.3 is 17.2 Å². The van der Waals surface area contributed by atoms with Crippen molar-refractivity contribution >= 4 is 0 Å². The van der Waals surface area contributed by atoms with Gasteiger partial charge in [-0.1, -0.05) is 40.0 Å². The maximum absolute atomic E-state index is 6.13. The molecule has 0 aliphatic carbocycles. The summed E-state index contributed by atoms with van der Waals surface area (Å²) in [5.74, 6) is 0. The van der Waals surface area contributed by atoms with Crippen LogP contribution < -0.4 is 17.2 Å². The maximum Gasteiger partial charge on any atom is 0.0482 e. The Morgan fingerprint density at radius 2 is 1.12 bits per heavy atom. The Labute approximate surface area is 109 Å². The zero-order valence-corrected chi connectivity index (χ0v) is 13.1. The second kappa shape index (κ2) is 7.34. The van der Waals surface area contributed by atoms with Gasteiger partial charge in [0.15, 0.2) is 0 Å². The van der Waals surface area contributed by atoms with Crippen molar-refractivity contribution in [2.45, 2.75) is 90.8 Å². The third-order valence-electron chi connectivity index (χ3n) is 3.97. The molecule has 0 aromatic heterocycles. The quantitative estimate of drug-likeness (QED) is 0.697. The van der Waals surface area contributed by atoms with E-state index in [1.165, 1.54) is 19.3 Å². The fourth-order valence-corrected chi connectivity index (χ4v) is 1.46. The van der Waals surface area contributed by atoms with Crippen LogP contribution in [0.3, 0.4) is 0 Å². The van der Waals surface area contributed by atoms with Gasteiger partial charge in [0.2, 0.25) is 0 Å². The Morgan fingerprint density at radius 3 is 1.18 bits per heavy atom. The van der Waals surface area contributed by atoms with Crippen LogP contribution in [-0.4, -0.2) is 16.6 Å². The lowest BCUT2D eigenvalue weighted by Crippen LogP contribution is -2.74. The van der Waals surface area contributed by atoms with E-state index in [4.69, 9.17) is 17.2 Å². The lowest BCUT2D eigenvalue weighted by Gasteiger charge is -2.49. The van der Waals surface area contributed by atoms with Crippen LogP contribution in [0.25, 0.3) is 0 Å². The summed E-state index contributed by atoms with van der Waals surface area (Å²) in [6.07, 6.45) is 4.90. The van der Waals surface area contributed by atoms with Gasteiger partial charge in [-0.2, -0.15) is 0 Å². The minimum Gasteiger partial charge on any atom is -0.324 e. The Balaban J connectivity index is 0. The van der Waals surface area contributed by atoms with Crippen LogP contribution in [0.1, 0.15) is 74.1 Å². The third kappa shape index (κ3) is 5.84. The zero-order chi connectivity index (χ0) is 14.3. The number of hydrogen-bond acceptors (Lipinski definition) is 3. The first-order valence-corrected chi connectivity index (χ1v) is 6.84. The second-order valence-corrected chi connectivity index (χ2v) is 6.05. The van der Waals surface area contributed by atoms with E-state index in [0.717, 1.165) is 6.42 Å². The highest BCUT2D eigenvalue weighted by Gasteiger charge is 2.46. The van der Waals surface area contributed by atoms with E-state index in [2.05, 4.69) is 13.8 Å². The molecule has 0 heterocycles. The predicted octanol–water partition coefficient (Wildman–Crippen LogP) is 2.77. The molecule has 2 atom stereocenters. The summed E-state index contributed by atoms with van der Waals surface area (Å²) >= 11 is 0. The summed E-state index contributed by atoms with van der Waals surface area (Å²) in [5, 5.41) is 0. The van der Waals surface area contributed by atoms with Crippen molar-refractivity contribution < 1.29 is 0 Å². The summed E-state index contributed by atoms with van der Waals surface area (Å²) in [4.78, 5) is 0. The number of hydrogen-bond donors (Lipinski definition) is 3. The summed E-state index contributed by atoms with van der Waals surface area (Å²) in [6, 6.07) is 0. The molecule has 0 aromatic rings. The molecule has 3 nitrogen and oxygen atoms in total. The lowest BCUT2D eigenvalue weighted by molar-refractivity contribution is 0.159. The van der Waals surface area contributed by atoms with Crippen LogP contribution in [0, 0.1) is 0 Å². The number of rotatable bonds is 5. The molecule has 106 valence electrons. The summed E-state index contributed by atoms with van der Waals surface area (Å²) in [5.41, 5.74) is 16.7. The molecule has 0 aliphatic heterocycles. The monoisotopic (exact) mass is 245 g/mol. The minimum atomic E-state index is -0.561. The molecule has 0 spiro atoms. The predicted molar refractivity (Wildman–Crippen MR) is 78.9 cm³/mol. The first-order valence-electron chi connectivity index (χ1n) is 6.84. The van der Waals surface area contributed by atoms with E-state index in [-0.39, 0.29) is 0 Å². The standard InChI is InChI=1S/C9H23N3.C5H12/c1-6-8(4,11)9(5,12)7(2,3)10;1-3-5-4-2/h6,10-12H2,1-5H3;3-5H2,1-2H3. The molecule has 0 radical (unpaired) electrons. The third-order valence-corrected chi connectivity index (χ3v) is 3.97. The van der Waals surface area contributed by atoms with E-state index in [1.54, 1.807) is 0 Å². The van der Waals surface area contributed by atoms with Crippen LogP contribution in [0.4, 0.5) is 0 Å². The van der Waals surface area contributed by atoms with Gasteiger partial charge in [0, 0.05) is 16.6 Å². The first-order chi connectivity index (χ1) is 7.47. The van der Waals surface area contributed by atoms with Crippen molar-refractivity contribution in [2.24, 2.45) is 17.2 Å². The number of nitrogens with two attached hydrogens (primary N) is 3. The highest BCUT2D eigenvalue weighted by Crippen LogP contribution is 2.28. The average Bonchev–Trinajstić information content (AvgIpc) is 2.18. The van der Waals surface area contributed by atoms with Crippen molar-refractivity contribution in [3.63, 3.8) is 0 Å². The molecular formula is C14H35N3. The van der Waals surface area contributed by atoms with E-state index in [9.17, 15) is 0 Å². The second-order valence-electron chi connectivity index (χ2n) is 6.05. The zero-order valence-electron chi connectivity index (χ0n) is 13.1. The molecule has 0 saturated heterocycles. The van der Waals surface area contributed by atoms with Crippen molar-refractivity contribution in [1.29, 1.82) is 0 Å². The van der Waals surface area contributed by atoms with Crippen molar-refractivity contribution in [2.75, 3.05) is 0 Å². The average molecular weight is 245 g/mol. The molecule has 3 heteroatoms. The lowest BCUT2D eigenvalue weighted by atomic mass is 9.68. The molecule has 0 fully saturated rings. The molecule has 17 heavy (non-hydrogen) atoms. The minimum absolute atomic E-state index is 0.425. The smallest absolute Gasteiger partial charge is 0.0482 e. The Hall–Kier alpha value is -0.120. The molecule has 0 amide bonds. The molecule has 0 aromatic carbocycles. The number of unbranched alkanes of at least 4 members (excludes halogenated alkanes) is 2. The Morgan fingerprint density at radius 1 is 0.765 bits per heavy atom. The van der Waals surface area contributed by atoms with Crippen LogP contribution in [0.2, 0.25) is 0 Å². The highest BCUT2D eigenvalue weighted by atomic mass is 15.0. The van der Waals surface area contributed by atoms with Gasteiger partial charge in [0.05, 0.1) is 0 Å². The molecule has 0 bridgehead atoms. The van der Waals surface area contributed by atoms with Crippen LogP contribution in [0.5, 0.6) is 0 Å². The van der Waals surface area contributed by atoms with Crippen LogP contribution in [0.15, 0.2) is 0 Å². The van der Waals surface area contributed by atoms with E-state index in [1.807, 2.05) is 34.6 Å². The fraction of sp³-hybridized carbons (Fsp3) is 1.00. The van der Waals surface area contributed by atoms with Gasteiger partial charge in [0.1, 0.15) is 0 Å². The molecular weight excluding hydrogens is 210 g/mol. The van der Waals surface area contributed by atoms with Gasteiger partial charge in [-0.05, 0) is 34.1 Å². The summed E-state index contributed by atoms with van der Waals surface area (Å²) in [6.45, 7) is 14.1. The first kappa shape index (κ1) is 19.2. The van der Waals surface area contributed by atoms with E-state index in [0.29, 0.717) is 0 Å². The molecule has 2 unspecified atom stereocenters. The van der Waals surface area contributed by atoms with Crippen LogP contribution >= 0.6 is 0 Å². The van der Waals surface area contributed by atoms with Gasteiger partial charge in [0.25, 0.3) is 0 Å². The summed E-state index contributed by atoms with van der Waals surface area (Å²) < 4.78 is 0.